The molecule has 1 aliphatic rings. The third-order valence-electron chi connectivity index (χ3n) is 5.32. The molecule has 1 atom stereocenters. The van der Waals surface area contributed by atoms with Crippen LogP contribution in [0.1, 0.15) is 29.3 Å². The summed E-state index contributed by atoms with van der Waals surface area (Å²) in [5.74, 6) is 0.151. The van der Waals surface area contributed by atoms with Crippen LogP contribution in [0.4, 0.5) is 13.2 Å². The van der Waals surface area contributed by atoms with Crippen molar-refractivity contribution in [2.75, 3.05) is 6.54 Å². The van der Waals surface area contributed by atoms with Crippen LogP contribution in [-0.4, -0.2) is 37.7 Å². The Balaban J connectivity index is 1.33. The van der Waals surface area contributed by atoms with Crippen molar-refractivity contribution in [3.05, 3.63) is 65.5 Å². The Bertz CT molecular complexity index is 1260. The van der Waals surface area contributed by atoms with Gasteiger partial charge in [0, 0.05) is 30.8 Å². The molecule has 31 heavy (non-hydrogen) atoms. The number of amides is 1. The second-order valence-electron chi connectivity index (χ2n) is 7.45. The number of likely N-dealkylation sites (tertiary alicyclic amines) is 1. The molecule has 158 valence electrons. The summed E-state index contributed by atoms with van der Waals surface area (Å²) in [6.45, 7) is 0.392. The standard InChI is InChI=1S/C21H16F3N5O2/c22-21(23,24)14-5-3-4-12(8-14)10-29-11-13(9-17(29)30)19-25-20(31-28-19)18-15-6-1-2-7-16(15)26-27-18/h1-8,13H,9-11H2,(H,26,27). The van der Waals surface area contributed by atoms with Gasteiger partial charge in [0.15, 0.2) is 11.5 Å². The van der Waals surface area contributed by atoms with E-state index in [-0.39, 0.29) is 30.7 Å². The number of rotatable bonds is 4. The fourth-order valence-corrected chi connectivity index (χ4v) is 3.79. The molecule has 0 radical (unpaired) electrons. The average Bonchev–Trinajstić information content (AvgIpc) is 3.46. The highest BCUT2D eigenvalue weighted by Gasteiger charge is 2.35. The van der Waals surface area contributed by atoms with Crippen molar-refractivity contribution < 1.29 is 22.5 Å². The summed E-state index contributed by atoms with van der Waals surface area (Å²) < 4.78 is 44.2. The van der Waals surface area contributed by atoms with Crippen molar-refractivity contribution in [1.82, 2.24) is 25.2 Å². The number of nitrogens with one attached hydrogen (secondary N) is 1. The van der Waals surface area contributed by atoms with E-state index in [1.165, 1.54) is 11.0 Å². The first kappa shape index (κ1) is 19.3. The Labute approximate surface area is 173 Å². The molecular weight excluding hydrogens is 411 g/mol. The van der Waals surface area contributed by atoms with Crippen LogP contribution in [0.15, 0.2) is 53.1 Å². The molecular formula is C21H16F3N5O2. The molecule has 1 unspecified atom stereocenters. The number of H-pyrrole nitrogens is 1. The Morgan fingerprint density at radius 1 is 1.16 bits per heavy atom. The molecule has 7 nitrogen and oxygen atoms in total. The number of halogens is 3. The first-order chi connectivity index (χ1) is 14.9. The predicted octanol–water partition coefficient (Wildman–Crippen LogP) is 4.15. The number of benzene rings is 2. The molecule has 0 spiro atoms. The van der Waals surface area contributed by atoms with E-state index in [2.05, 4.69) is 20.3 Å². The van der Waals surface area contributed by atoms with Crippen LogP contribution in [-0.2, 0) is 17.5 Å². The van der Waals surface area contributed by atoms with Gasteiger partial charge in [-0.2, -0.15) is 23.3 Å². The van der Waals surface area contributed by atoms with Crippen molar-refractivity contribution in [1.29, 1.82) is 0 Å². The number of para-hydroxylation sites is 1. The van der Waals surface area contributed by atoms with E-state index in [9.17, 15) is 18.0 Å². The van der Waals surface area contributed by atoms with Gasteiger partial charge in [-0.3, -0.25) is 9.89 Å². The second kappa shape index (κ2) is 7.22. The minimum Gasteiger partial charge on any atom is -0.338 e. The van der Waals surface area contributed by atoms with E-state index in [0.717, 1.165) is 23.0 Å². The number of aromatic amines is 1. The second-order valence-corrected chi connectivity index (χ2v) is 7.45. The third-order valence-corrected chi connectivity index (χ3v) is 5.32. The predicted molar refractivity (Wildman–Crippen MR) is 104 cm³/mol. The van der Waals surface area contributed by atoms with Gasteiger partial charge in [0.1, 0.15) is 0 Å². The zero-order chi connectivity index (χ0) is 21.6. The topological polar surface area (TPSA) is 87.9 Å². The molecule has 1 fully saturated rings. The molecule has 5 rings (SSSR count). The Hall–Kier alpha value is -3.69. The maximum Gasteiger partial charge on any atom is 0.416 e. The summed E-state index contributed by atoms with van der Waals surface area (Å²) in [5.41, 5.74) is 1.04. The lowest BCUT2D eigenvalue weighted by molar-refractivity contribution is -0.137. The van der Waals surface area contributed by atoms with Gasteiger partial charge in [0.25, 0.3) is 5.89 Å². The number of hydrogen-bond acceptors (Lipinski definition) is 5. The lowest BCUT2D eigenvalue weighted by atomic mass is 10.1. The van der Waals surface area contributed by atoms with E-state index < -0.39 is 11.7 Å². The first-order valence-electron chi connectivity index (χ1n) is 9.59. The molecule has 1 aliphatic heterocycles. The van der Waals surface area contributed by atoms with Crippen molar-refractivity contribution >= 4 is 16.8 Å². The quantitative estimate of drug-likeness (QED) is 0.529. The van der Waals surface area contributed by atoms with Crippen molar-refractivity contribution in [3.8, 4) is 11.6 Å². The van der Waals surface area contributed by atoms with Crippen LogP contribution in [0.2, 0.25) is 0 Å². The smallest absolute Gasteiger partial charge is 0.338 e. The Morgan fingerprint density at radius 2 is 2.00 bits per heavy atom. The van der Waals surface area contributed by atoms with Crippen LogP contribution in [0, 0.1) is 0 Å². The van der Waals surface area contributed by atoms with Gasteiger partial charge in [-0.1, -0.05) is 35.5 Å². The van der Waals surface area contributed by atoms with Crippen LogP contribution >= 0.6 is 0 Å². The highest BCUT2D eigenvalue weighted by atomic mass is 19.4. The SMILES string of the molecule is O=C1CC(c2noc(-c3n[nH]c4ccccc34)n2)CN1Cc1cccc(C(F)(F)F)c1. The van der Waals surface area contributed by atoms with Crippen LogP contribution < -0.4 is 0 Å². The van der Waals surface area contributed by atoms with Gasteiger partial charge in [0.2, 0.25) is 5.91 Å². The number of hydrogen-bond donors (Lipinski definition) is 1. The molecule has 2 aromatic carbocycles. The molecule has 4 aromatic rings. The lowest BCUT2D eigenvalue weighted by Gasteiger charge is -2.17. The van der Waals surface area contributed by atoms with E-state index >= 15 is 0 Å². The zero-order valence-electron chi connectivity index (χ0n) is 16.1. The molecule has 1 amide bonds. The van der Waals surface area contributed by atoms with Gasteiger partial charge in [-0.25, -0.2) is 0 Å². The van der Waals surface area contributed by atoms with Gasteiger partial charge in [0.05, 0.1) is 11.1 Å². The van der Waals surface area contributed by atoms with E-state index in [1.807, 2.05) is 24.3 Å². The minimum atomic E-state index is -4.43. The van der Waals surface area contributed by atoms with Gasteiger partial charge in [-0.15, -0.1) is 0 Å². The van der Waals surface area contributed by atoms with Crippen LogP contribution in [0.3, 0.4) is 0 Å². The number of nitrogens with zero attached hydrogens (tertiary/aromatic N) is 4. The summed E-state index contributed by atoms with van der Waals surface area (Å²) in [7, 11) is 0. The summed E-state index contributed by atoms with van der Waals surface area (Å²) in [6, 6.07) is 12.5. The number of alkyl halides is 3. The Kier molecular flexibility index (Phi) is 4.49. The van der Waals surface area contributed by atoms with Crippen molar-refractivity contribution in [2.24, 2.45) is 0 Å². The molecule has 1 N–H and O–H groups in total. The normalized spacial score (nSPS) is 17.1. The molecule has 2 aromatic heterocycles. The molecule has 10 heteroatoms. The van der Waals surface area contributed by atoms with Gasteiger partial charge < -0.3 is 9.42 Å². The van der Waals surface area contributed by atoms with E-state index in [4.69, 9.17) is 4.52 Å². The van der Waals surface area contributed by atoms with Crippen LogP contribution in [0.25, 0.3) is 22.5 Å². The maximum atomic E-state index is 12.9. The number of carbonyl (C=O) groups excluding carboxylic acids is 1. The molecule has 0 saturated carbocycles. The lowest BCUT2D eigenvalue weighted by Crippen LogP contribution is -2.24. The summed E-state index contributed by atoms with van der Waals surface area (Å²) >= 11 is 0. The first-order valence-corrected chi connectivity index (χ1v) is 9.59. The zero-order valence-corrected chi connectivity index (χ0v) is 16.1. The molecule has 0 bridgehead atoms. The number of aromatic nitrogens is 4. The fraction of sp³-hybridized carbons (Fsp3) is 0.238. The summed E-state index contributed by atoms with van der Waals surface area (Å²) in [6.07, 6.45) is -4.26. The monoisotopic (exact) mass is 427 g/mol. The van der Waals surface area contributed by atoms with Crippen LogP contribution in [0.5, 0.6) is 0 Å². The van der Waals surface area contributed by atoms with Crippen molar-refractivity contribution in [3.63, 3.8) is 0 Å². The largest absolute Gasteiger partial charge is 0.416 e. The third kappa shape index (κ3) is 3.65. The summed E-state index contributed by atoms with van der Waals surface area (Å²) in [4.78, 5) is 18.4. The van der Waals surface area contributed by atoms with Gasteiger partial charge >= 0.3 is 6.18 Å². The minimum absolute atomic E-state index is 0.0912. The number of carbonyl (C=O) groups is 1. The Morgan fingerprint density at radius 3 is 2.84 bits per heavy atom. The van der Waals surface area contributed by atoms with E-state index in [0.29, 0.717) is 23.6 Å². The maximum absolute atomic E-state index is 12.9. The summed E-state index contributed by atoms with van der Waals surface area (Å²) in [5, 5.41) is 12.0. The molecule has 0 aliphatic carbocycles. The molecule has 1 saturated heterocycles. The highest BCUT2D eigenvalue weighted by Crippen LogP contribution is 2.32. The van der Waals surface area contributed by atoms with Crippen molar-refractivity contribution in [2.45, 2.75) is 25.1 Å². The number of fused-ring (bicyclic) bond motifs is 1. The fourth-order valence-electron chi connectivity index (χ4n) is 3.79. The van der Waals surface area contributed by atoms with E-state index in [1.54, 1.807) is 6.07 Å². The van der Waals surface area contributed by atoms with Gasteiger partial charge in [-0.05, 0) is 23.8 Å². The molecule has 3 heterocycles. The highest BCUT2D eigenvalue weighted by molar-refractivity contribution is 5.90. The average molecular weight is 427 g/mol.